The first-order valence-electron chi connectivity index (χ1n) is 5.92. The van der Waals surface area contributed by atoms with Crippen molar-refractivity contribution in [3.05, 3.63) is 62.3 Å². The molecule has 0 bridgehead atoms. The number of carboxylic acid groups (broad SMARTS) is 2. The van der Waals surface area contributed by atoms with Gasteiger partial charge in [0.1, 0.15) is 11.4 Å². The Labute approximate surface area is 128 Å². The summed E-state index contributed by atoms with van der Waals surface area (Å²) in [6.45, 7) is 0. The van der Waals surface area contributed by atoms with Crippen LogP contribution in [0.3, 0.4) is 0 Å². The van der Waals surface area contributed by atoms with Gasteiger partial charge in [0, 0.05) is 6.20 Å². The zero-order chi connectivity index (χ0) is 16.3. The summed E-state index contributed by atoms with van der Waals surface area (Å²) in [5, 5.41) is 17.8. The molecule has 2 aromatic rings. The molecule has 22 heavy (non-hydrogen) atoms. The van der Waals surface area contributed by atoms with E-state index in [1.54, 1.807) is 6.07 Å². The number of aromatic nitrogens is 2. The highest BCUT2D eigenvalue weighted by Gasteiger charge is 2.11. The first-order valence-corrected chi connectivity index (χ1v) is 6.30. The molecule has 8 heteroatoms. The average molecular weight is 321 g/mol. The molecule has 0 saturated carbocycles. The minimum atomic E-state index is -1.37. The normalized spacial score (nSPS) is 10.8. The third-order valence-corrected chi connectivity index (χ3v) is 3.15. The summed E-state index contributed by atoms with van der Waals surface area (Å²) in [7, 11) is 0. The molecule has 1 aromatic heterocycles. The first kappa shape index (κ1) is 15.5. The highest BCUT2D eigenvalue weighted by atomic mass is 35.5. The van der Waals surface area contributed by atoms with Crippen molar-refractivity contribution in [2.75, 3.05) is 0 Å². The van der Waals surface area contributed by atoms with E-state index in [0.29, 0.717) is 5.56 Å². The van der Waals surface area contributed by atoms with Gasteiger partial charge in [0.2, 0.25) is 0 Å². The summed E-state index contributed by atoms with van der Waals surface area (Å²) >= 11 is 5.97. The monoisotopic (exact) mass is 320 g/mol. The fraction of sp³-hybridized carbons (Fsp3) is 0. The SMILES string of the molecule is O=C(O)c1cccc(/C=C/c2ncc(C(=O)O)c(=O)[nH]2)c1Cl. The summed E-state index contributed by atoms with van der Waals surface area (Å²) < 4.78 is 0. The molecular formula is C14H9ClN2O5. The number of aromatic amines is 1. The third-order valence-electron chi connectivity index (χ3n) is 2.73. The van der Waals surface area contributed by atoms with E-state index in [0.717, 1.165) is 6.20 Å². The Morgan fingerprint density at radius 3 is 2.41 bits per heavy atom. The van der Waals surface area contributed by atoms with Gasteiger partial charge >= 0.3 is 11.9 Å². The molecule has 0 unspecified atom stereocenters. The second-order valence-corrected chi connectivity index (χ2v) is 4.54. The highest BCUT2D eigenvalue weighted by Crippen LogP contribution is 2.22. The molecule has 0 radical (unpaired) electrons. The predicted octanol–water partition coefficient (Wildman–Crippen LogP) is 1.99. The van der Waals surface area contributed by atoms with Gasteiger partial charge in [0.25, 0.3) is 5.56 Å². The van der Waals surface area contributed by atoms with Gasteiger partial charge in [0.05, 0.1) is 10.6 Å². The van der Waals surface area contributed by atoms with Crippen LogP contribution in [0, 0.1) is 0 Å². The van der Waals surface area contributed by atoms with E-state index in [1.807, 2.05) is 0 Å². The van der Waals surface area contributed by atoms with Crippen molar-refractivity contribution in [3.8, 4) is 0 Å². The number of aromatic carboxylic acids is 2. The molecule has 0 aliphatic heterocycles. The van der Waals surface area contributed by atoms with Crippen LogP contribution in [0.4, 0.5) is 0 Å². The third kappa shape index (κ3) is 3.21. The van der Waals surface area contributed by atoms with E-state index >= 15 is 0 Å². The van der Waals surface area contributed by atoms with Crippen LogP contribution in [-0.4, -0.2) is 32.1 Å². The van der Waals surface area contributed by atoms with E-state index < -0.39 is 23.1 Å². The van der Waals surface area contributed by atoms with Crippen LogP contribution in [-0.2, 0) is 0 Å². The molecule has 7 nitrogen and oxygen atoms in total. The van der Waals surface area contributed by atoms with Crippen molar-refractivity contribution in [1.82, 2.24) is 9.97 Å². The Balaban J connectivity index is 2.35. The molecule has 0 spiro atoms. The van der Waals surface area contributed by atoms with Crippen LogP contribution in [0.15, 0.2) is 29.2 Å². The number of nitrogens with one attached hydrogen (secondary N) is 1. The van der Waals surface area contributed by atoms with Crippen molar-refractivity contribution < 1.29 is 19.8 Å². The van der Waals surface area contributed by atoms with Gasteiger partial charge in [-0.2, -0.15) is 0 Å². The molecular weight excluding hydrogens is 312 g/mol. The molecule has 0 aliphatic rings. The maximum Gasteiger partial charge on any atom is 0.342 e. The van der Waals surface area contributed by atoms with Crippen LogP contribution in [0.5, 0.6) is 0 Å². The summed E-state index contributed by atoms with van der Waals surface area (Å²) in [6.07, 6.45) is 3.80. The molecule has 0 amide bonds. The lowest BCUT2D eigenvalue weighted by Crippen LogP contribution is -2.18. The smallest absolute Gasteiger partial charge is 0.342 e. The number of H-pyrrole nitrogens is 1. The lowest BCUT2D eigenvalue weighted by molar-refractivity contribution is 0.0684. The van der Waals surface area contributed by atoms with E-state index in [-0.39, 0.29) is 16.4 Å². The minimum Gasteiger partial charge on any atom is -0.478 e. The molecule has 2 rings (SSSR count). The van der Waals surface area contributed by atoms with Crippen LogP contribution in [0.2, 0.25) is 5.02 Å². The van der Waals surface area contributed by atoms with Gasteiger partial charge in [-0.25, -0.2) is 14.6 Å². The maximum atomic E-state index is 11.5. The Morgan fingerprint density at radius 2 is 1.82 bits per heavy atom. The number of nitrogens with zero attached hydrogens (tertiary/aromatic N) is 1. The minimum absolute atomic E-state index is 0.0495. The number of halogens is 1. The Morgan fingerprint density at radius 1 is 1.14 bits per heavy atom. The van der Waals surface area contributed by atoms with Crippen LogP contribution in [0.25, 0.3) is 12.2 Å². The fourth-order valence-corrected chi connectivity index (χ4v) is 1.93. The number of hydrogen-bond donors (Lipinski definition) is 3. The van der Waals surface area contributed by atoms with Gasteiger partial charge in [-0.1, -0.05) is 23.7 Å². The van der Waals surface area contributed by atoms with Crippen LogP contribution in [0.1, 0.15) is 32.1 Å². The van der Waals surface area contributed by atoms with E-state index in [4.69, 9.17) is 21.8 Å². The van der Waals surface area contributed by atoms with Crippen molar-refractivity contribution in [3.63, 3.8) is 0 Å². The predicted molar refractivity (Wildman–Crippen MR) is 79.2 cm³/mol. The first-order chi connectivity index (χ1) is 10.4. The van der Waals surface area contributed by atoms with Crippen molar-refractivity contribution in [1.29, 1.82) is 0 Å². The largest absolute Gasteiger partial charge is 0.478 e. The molecule has 0 fully saturated rings. The van der Waals surface area contributed by atoms with Crippen molar-refractivity contribution >= 4 is 35.7 Å². The quantitative estimate of drug-likeness (QED) is 0.792. The summed E-state index contributed by atoms with van der Waals surface area (Å²) in [6, 6.07) is 4.48. The molecule has 1 aromatic carbocycles. The van der Waals surface area contributed by atoms with Gasteiger partial charge in [-0.15, -0.1) is 0 Å². The van der Waals surface area contributed by atoms with Crippen molar-refractivity contribution in [2.45, 2.75) is 0 Å². The number of carboxylic acids is 2. The summed E-state index contributed by atoms with van der Waals surface area (Å²) in [5.41, 5.74) is -0.881. The zero-order valence-electron chi connectivity index (χ0n) is 10.9. The van der Waals surface area contributed by atoms with Crippen LogP contribution >= 0.6 is 11.6 Å². The molecule has 112 valence electrons. The Bertz CT molecular complexity index is 841. The number of benzene rings is 1. The molecule has 1 heterocycles. The van der Waals surface area contributed by atoms with Gasteiger partial charge in [-0.05, 0) is 23.8 Å². The van der Waals surface area contributed by atoms with Crippen LogP contribution < -0.4 is 5.56 Å². The van der Waals surface area contributed by atoms with E-state index in [1.165, 1.54) is 24.3 Å². The standard InChI is InChI=1S/C14H9ClN2O5/c15-11-7(2-1-3-8(11)13(19)20)4-5-10-16-6-9(14(21)22)12(18)17-10/h1-6H,(H,19,20)(H,21,22)(H,16,17,18)/b5-4+. The molecule has 3 N–H and O–H groups in total. The molecule has 0 atom stereocenters. The maximum absolute atomic E-state index is 11.5. The molecule has 0 saturated heterocycles. The second kappa shape index (κ2) is 6.23. The lowest BCUT2D eigenvalue weighted by Gasteiger charge is -2.02. The van der Waals surface area contributed by atoms with Gasteiger partial charge in [0.15, 0.2) is 0 Å². The van der Waals surface area contributed by atoms with E-state index in [2.05, 4.69) is 9.97 Å². The fourth-order valence-electron chi connectivity index (χ4n) is 1.66. The number of hydrogen-bond acceptors (Lipinski definition) is 4. The average Bonchev–Trinajstić information content (AvgIpc) is 2.45. The van der Waals surface area contributed by atoms with E-state index in [9.17, 15) is 14.4 Å². The lowest BCUT2D eigenvalue weighted by atomic mass is 10.1. The zero-order valence-corrected chi connectivity index (χ0v) is 11.7. The Kier molecular flexibility index (Phi) is 4.38. The molecule has 0 aliphatic carbocycles. The van der Waals surface area contributed by atoms with Crippen molar-refractivity contribution in [2.24, 2.45) is 0 Å². The van der Waals surface area contributed by atoms with Gasteiger partial charge in [-0.3, -0.25) is 4.79 Å². The second-order valence-electron chi connectivity index (χ2n) is 4.16. The summed E-state index contributed by atoms with van der Waals surface area (Å²) in [4.78, 5) is 39.2. The highest BCUT2D eigenvalue weighted by molar-refractivity contribution is 6.35. The topological polar surface area (TPSA) is 120 Å². The summed E-state index contributed by atoms with van der Waals surface area (Å²) in [5.74, 6) is -2.41. The number of rotatable bonds is 4. The Hall–Kier alpha value is -2.93. The van der Waals surface area contributed by atoms with Gasteiger partial charge < -0.3 is 15.2 Å². The number of carbonyl (C=O) groups is 2.